The van der Waals surface area contributed by atoms with E-state index in [1.165, 1.54) is 17.0 Å². The second-order valence-corrected chi connectivity index (χ2v) is 5.27. The number of carbonyl (C=O) groups is 2. The molecule has 6 nitrogen and oxygen atoms in total. The Hall–Kier alpha value is -2.28. The van der Waals surface area contributed by atoms with E-state index in [1.54, 1.807) is 0 Å². The van der Waals surface area contributed by atoms with Crippen LogP contribution < -0.4 is 10.1 Å². The minimum atomic E-state index is -0.619. The molecule has 1 saturated heterocycles. The van der Waals surface area contributed by atoms with Gasteiger partial charge in [0.1, 0.15) is 18.2 Å². The van der Waals surface area contributed by atoms with Gasteiger partial charge in [-0.2, -0.15) is 0 Å². The van der Waals surface area contributed by atoms with Crippen LogP contribution in [0.1, 0.15) is 6.42 Å². The van der Waals surface area contributed by atoms with Crippen LogP contribution in [0, 0.1) is 5.82 Å². The molecule has 2 rings (SSSR count). The molecule has 0 unspecified atom stereocenters. The van der Waals surface area contributed by atoms with E-state index in [0.29, 0.717) is 31.8 Å². The summed E-state index contributed by atoms with van der Waals surface area (Å²) >= 11 is 5.55. The van der Waals surface area contributed by atoms with Crippen LogP contribution in [0.15, 0.2) is 30.5 Å². The van der Waals surface area contributed by atoms with Crippen LogP contribution in [-0.4, -0.2) is 43.2 Å². The Bertz CT molecular complexity index is 623. The summed E-state index contributed by atoms with van der Waals surface area (Å²) in [5, 5.41) is 2.54. The van der Waals surface area contributed by atoms with E-state index >= 15 is 0 Å². The summed E-state index contributed by atoms with van der Waals surface area (Å²) in [5.41, 5.74) is 0.459. The smallest absolute Gasteiger partial charge is 0.409 e. The Labute approximate surface area is 137 Å². The van der Waals surface area contributed by atoms with E-state index in [9.17, 15) is 14.0 Å². The number of cyclic esters (lactones) is 1. The van der Waals surface area contributed by atoms with Gasteiger partial charge in [-0.25, -0.2) is 9.18 Å². The fraction of sp³-hybridized carbons (Fsp3) is 0.333. The lowest BCUT2D eigenvalue weighted by Gasteiger charge is -2.14. The number of amides is 2. The average molecular weight is 343 g/mol. The number of ether oxygens (including phenoxy) is 2. The van der Waals surface area contributed by atoms with Gasteiger partial charge in [0.05, 0.1) is 11.6 Å². The quantitative estimate of drug-likeness (QED) is 0.825. The number of carbonyl (C=O) groups excluding carboxylic acids is 2. The minimum Gasteiger partial charge on any atom is -0.484 e. The van der Waals surface area contributed by atoms with E-state index in [4.69, 9.17) is 21.1 Å². The SMILES string of the molecule is C=C(CCN1CCOC1=O)NC(=O)COc1ccc(Cl)c(F)c1. The molecule has 8 heteroatoms. The second kappa shape index (κ2) is 7.82. The van der Waals surface area contributed by atoms with Crippen LogP contribution in [-0.2, 0) is 9.53 Å². The molecule has 124 valence electrons. The first-order valence-corrected chi connectivity index (χ1v) is 7.30. The molecule has 1 heterocycles. The normalized spacial score (nSPS) is 13.7. The standard InChI is InChI=1S/C15H16ClFN2O4/c1-10(4-5-19-6-7-22-15(19)21)18-14(20)9-23-11-2-3-12(16)13(17)8-11/h2-3,8H,1,4-7,9H2,(H,18,20). The lowest BCUT2D eigenvalue weighted by atomic mass is 10.3. The maximum Gasteiger partial charge on any atom is 0.409 e. The van der Waals surface area contributed by atoms with Crippen molar-refractivity contribution in [1.82, 2.24) is 10.2 Å². The molecular weight excluding hydrogens is 327 g/mol. The summed E-state index contributed by atoms with van der Waals surface area (Å²) in [6.07, 6.45) is 0.0494. The van der Waals surface area contributed by atoms with E-state index < -0.39 is 11.7 Å². The van der Waals surface area contributed by atoms with Crippen molar-refractivity contribution >= 4 is 23.6 Å². The molecule has 1 aromatic carbocycles. The molecule has 0 aliphatic carbocycles. The third-order valence-corrected chi connectivity index (χ3v) is 3.41. The van der Waals surface area contributed by atoms with Crippen molar-refractivity contribution in [2.75, 3.05) is 26.3 Å². The summed E-state index contributed by atoms with van der Waals surface area (Å²) in [4.78, 5) is 24.5. The van der Waals surface area contributed by atoms with Crippen molar-refractivity contribution in [2.24, 2.45) is 0 Å². The summed E-state index contributed by atoms with van der Waals surface area (Å²) in [7, 11) is 0. The highest BCUT2D eigenvalue weighted by molar-refractivity contribution is 6.30. The third-order valence-electron chi connectivity index (χ3n) is 3.11. The summed E-state index contributed by atoms with van der Waals surface area (Å²) in [6.45, 7) is 4.76. The Balaban J connectivity index is 1.70. The molecule has 0 radical (unpaired) electrons. The summed E-state index contributed by atoms with van der Waals surface area (Å²) < 4.78 is 23.2. The number of halogens is 2. The van der Waals surface area contributed by atoms with Crippen molar-refractivity contribution < 1.29 is 23.5 Å². The number of hydrogen-bond donors (Lipinski definition) is 1. The first-order valence-electron chi connectivity index (χ1n) is 6.93. The van der Waals surface area contributed by atoms with Gasteiger partial charge in [0.25, 0.3) is 5.91 Å². The topological polar surface area (TPSA) is 67.9 Å². The Morgan fingerprint density at radius 3 is 2.96 bits per heavy atom. The van der Waals surface area contributed by atoms with Crippen molar-refractivity contribution in [3.05, 3.63) is 41.3 Å². The molecule has 0 saturated carbocycles. The zero-order chi connectivity index (χ0) is 16.8. The lowest BCUT2D eigenvalue weighted by Crippen LogP contribution is -2.31. The number of nitrogens with zero attached hydrogens (tertiary/aromatic N) is 1. The number of nitrogens with one attached hydrogen (secondary N) is 1. The van der Waals surface area contributed by atoms with E-state index in [-0.39, 0.29) is 23.5 Å². The van der Waals surface area contributed by atoms with Crippen LogP contribution in [0.25, 0.3) is 0 Å². The molecule has 0 spiro atoms. The van der Waals surface area contributed by atoms with Gasteiger partial charge in [-0.05, 0) is 12.1 Å². The highest BCUT2D eigenvalue weighted by atomic mass is 35.5. The van der Waals surface area contributed by atoms with Gasteiger partial charge >= 0.3 is 6.09 Å². The first-order chi connectivity index (χ1) is 11.0. The van der Waals surface area contributed by atoms with Crippen molar-refractivity contribution in [2.45, 2.75) is 6.42 Å². The zero-order valence-corrected chi connectivity index (χ0v) is 13.1. The van der Waals surface area contributed by atoms with Gasteiger partial charge in [-0.15, -0.1) is 0 Å². The van der Waals surface area contributed by atoms with E-state index in [0.717, 1.165) is 6.07 Å². The van der Waals surface area contributed by atoms with E-state index in [2.05, 4.69) is 11.9 Å². The first kappa shape index (κ1) is 17.1. The monoisotopic (exact) mass is 342 g/mol. The van der Waals surface area contributed by atoms with Gasteiger partial charge < -0.3 is 19.7 Å². The highest BCUT2D eigenvalue weighted by Crippen LogP contribution is 2.20. The number of rotatable bonds is 7. The summed E-state index contributed by atoms with van der Waals surface area (Å²) in [6, 6.07) is 3.91. The van der Waals surface area contributed by atoms with E-state index in [1.807, 2.05) is 0 Å². The molecule has 1 aromatic rings. The van der Waals surface area contributed by atoms with Gasteiger partial charge in [-0.1, -0.05) is 18.2 Å². The van der Waals surface area contributed by atoms with Gasteiger partial charge in [0.15, 0.2) is 6.61 Å². The molecular formula is C15H16ClFN2O4. The molecule has 1 N–H and O–H groups in total. The Morgan fingerprint density at radius 1 is 1.52 bits per heavy atom. The van der Waals surface area contributed by atoms with Gasteiger partial charge in [0, 0.05) is 24.7 Å². The van der Waals surface area contributed by atoms with Gasteiger partial charge in [0.2, 0.25) is 0 Å². The fourth-order valence-corrected chi connectivity index (χ4v) is 2.03. The van der Waals surface area contributed by atoms with Crippen LogP contribution in [0.5, 0.6) is 5.75 Å². The van der Waals surface area contributed by atoms with Crippen molar-refractivity contribution in [3.63, 3.8) is 0 Å². The van der Waals surface area contributed by atoms with Crippen molar-refractivity contribution in [3.8, 4) is 5.75 Å². The lowest BCUT2D eigenvalue weighted by molar-refractivity contribution is -0.122. The number of hydrogen-bond acceptors (Lipinski definition) is 4. The maximum atomic E-state index is 13.2. The summed E-state index contributed by atoms with van der Waals surface area (Å²) in [5.74, 6) is -0.840. The molecule has 1 aliphatic heterocycles. The molecule has 23 heavy (non-hydrogen) atoms. The molecule has 0 bridgehead atoms. The Morgan fingerprint density at radius 2 is 2.30 bits per heavy atom. The van der Waals surface area contributed by atoms with Crippen LogP contribution >= 0.6 is 11.6 Å². The fourth-order valence-electron chi connectivity index (χ4n) is 1.91. The molecule has 0 aromatic heterocycles. The zero-order valence-electron chi connectivity index (χ0n) is 12.3. The third kappa shape index (κ3) is 5.14. The minimum absolute atomic E-state index is 0.0179. The number of benzene rings is 1. The largest absolute Gasteiger partial charge is 0.484 e. The van der Waals surface area contributed by atoms with Crippen molar-refractivity contribution in [1.29, 1.82) is 0 Å². The average Bonchev–Trinajstić information content (AvgIpc) is 2.91. The van der Waals surface area contributed by atoms with Crippen LogP contribution in [0.3, 0.4) is 0 Å². The molecule has 1 aliphatic rings. The highest BCUT2D eigenvalue weighted by Gasteiger charge is 2.21. The second-order valence-electron chi connectivity index (χ2n) is 4.87. The van der Waals surface area contributed by atoms with Crippen LogP contribution in [0.2, 0.25) is 5.02 Å². The van der Waals surface area contributed by atoms with Crippen LogP contribution in [0.4, 0.5) is 9.18 Å². The Kier molecular flexibility index (Phi) is 5.81. The predicted molar refractivity (Wildman–Crippen MR) is 81.7 cm³/mol. The maximum absolute atomic E-state index is 13.2. The molecule has 2 amide bonds. The molecule has 1 fully saturated rings. The predicted octanol–water partition coefficient (Wildman–Crippen LogP) is 2.33. The van der Waals surface area contributed by atoms with Gasteiger partial charge in [-0.3, -0.25) is 4.79 Å². The molecule has 0 atom stereocenters.